The first-order chi connectivity index (χ1) is 8.27. The number of hydrogen-bond donors (Lipinski definition) is 1. The summed E-state index contributed by atoms with van der Waals surface area (Å²) < 4.78 is 12.8. The minimum Gasteiger partial charge on any atom is -0.309 e. The Morgan fingerprint density at radius 1 is 1.41 bits per heavy atom. The number of thioether (sulfide) groups is 1. The number of halogens is 1. The van der Waals surface area contributed by atoms with Crippen molar-refractivity contribution in [3.8, 4) is 0 Å². The third-order valence-electron chi connectivity index (χ3n) is 2.58. The molecule has 0 radical (unpaired) electrons. The third kappa shape index (κ3) is 5.50. The maximum absolute atomic E-state index is 12.8. The Bertz CT molecular complexity index is 303. The summed E-state index contributed by atoms with van der Waals surface area (Å²) in [6.07, 6.45) is 3.42. The highest BCUT2D eigenvalue weighted by atomic mass is 32.2. The van der Waals surface area contributed by atoms with Gasteiger partial charge in [0.1, 0.15) is 5.82 Å². The first kappa shape index (κ1) is 14.5. The van der Waals surface area contributed by atoms with Crippen LogP contribution in [-0.4, -0.2) is 23.0 Å². The van der Waals surface area contributed by atoms with E-state index in [-0.39, 0.29) is 11.9 Å². The van der Waals surface area contributed by atoms with Crippen LogP contribution in [0.15, 0.2) is 18.3 Å². The molecule has 1 aromatic rings. The molecule has 0 aromatic carbocycles. The second kappa shape index (κ2) is 8.48. The van der Waals surface area contributed by atoms with Crippen LogP contribution in [-0.2, 0) is 0 Å². The van der Waals surface area contributed by atoms with Gasteiger partial charge >= 0.3 is 0 Å². The Balaban J connectivity index is 2.35. The molecule has 4 heteroatoms. The average molecular weight is 256 g/mol. The molecule has 0 aliphatic carbocycles. The molecule has 17 heavy (non-hydrogen) atoms. The van der Waals surface area contributed by atoms with E-state index < -0.39 is 0 Å². The Hall–Kier alpha value is -0.610. The normalized spacial score (nSPS) is 12.6. The van der Waals surface area contributed by atoms with Crippen molar-refractivity contribution in [3.63, 3.8) is 0 Å². The van der Waals surface area contributed by atoms with E-state index in [0.717, 1.165) is 25.1 Å². The summed E-state index contributed by atoms with van der Waals surface area (Å²) in [7, 11) is 0. The second-order valence-corrected chi connectivity index (χ2v) is 5.26. The van der Waals surface area contributed by atoms with E-state index in [1.54, 1.807) is 6.07 Å². The van der Waals surface area contributed by atoms with Crippen molar-refractivity contribution in [1.82, 2.24) is 10.3 Å². The van der Waals surface area contributed by atoms with E-state index in [4.69, 9.17) is 0 Å². The molecular formula is C13H21FN2S. The van der Waals surface area contributed by atoms with Gasteiger partial charge in [0.15, 0.2) is 0 Å². The van der Waals surface area contributed by atoms with Crippen LogP contribution in [0, 0.1) is 5.82 Å². The Labute approximate surface area is 107 Å². The van der Waals surface area contributed by atoms with E-state index in [1.807, 2.05) is 11.8 Å². The van der Waals surface area contributed by atoms with E-state index in [1.165, 1.54) is 23.8 Å². The molecule has 1 rings (SSSR count). The van der Waals surface area contributed by atoms with Crippen molar-refractivity contribution >= 4 is 11.8 Å². The van der Waals surface area contributed by atoms with Crippen molar-refractivity contribution in [2.24, 2.45) is 0 Å². The van der Waals surface area contributed by atoms with Crippen molar-refractivity contribution < 1.29 is 4.39 Å². The number of hydrogen-bond acceptors (Lipinski definition) is 3. The molecule has 2 nitrogen and oxygen atoms in total. The van der Waals surface area contributed by atoms with E-state index in [9.17, 15) is 4.39 Å². The van der Waals surface area contributed by atoms with Gasteiger partial charge in [0, 0.05) is 6.04 Å². The minimum absolute atomic E-state index is 0.238. The predicted molar refractivity (Wildman–Crippen MR) is 72.8 cm³/mol. The van der Waals surface area contributed by atoms with Crippen molar-refractivity contribution in [3.05, 3.63) is 29.8 Å². The van der Waals surface area contributed by atoms with Crippen LogP contribution in [0.4, 0.5) is 4.39 Å². The quantitative estimate of drug-likeness (QED) is 0.722. The topological polar surface area (TPSA) is 24.9 Å². The molecule has 0 spiro atoms. The van der Waals surface area contributed by atoms with E-state index in [0.29, 0.717) is 0 Å². The van der Waals surface area contributed by atoms with E-state index >= 15 is 0 Å². The molecule has 96 valence electrons. The molecule has 1 unspecified atom stereocenters. The van der Waals surface area contributed by atoms with Gasteiger partial charge in [0.2, 0.25) is 0 Å². The third-order valence-corrected chi connectivity index (χ3v) is 3.56. The smallest absolute Gasteiger partial charge is 0.141 e. The lowest BCUT2D eigenvalue weighted by Gasteiger charge is -2.16. The van der Waals surface area contributed by atoms with Crippen molar-refractivity contribution in [1.29, 1.82) is 0 Å². The Morgan fingerprint density at radius 3 is 2.82 bits per heavy atom. The fourth-order valence-corrected chi connectivity index (χ4v) is 2.28. The molecular weight excluding hydrogens is 235 g/mol. The summed E-state index contributed by atoms with van der Waals surface area (Å²) in [5.74, 6) is 2.09. The molecule has 0 amide bonds. The lowest BCUT2D eigenvalue weighted by molar-refractivity contribution is 0.505. The van der Waals surface area contributed by atoms with Crippen LogP contribution < -0.4 is 5.32 Å². The van der Waals surface area contributed by atoms with Gasteiger partial charge in [-0.1, -0.05) is 13.8 Å². The van der Waals surface area contributed by atoms with Gasteiger partial charge in [0.25, 0.3) is 0 Å². The number of aromatic nitrogens is 1. The van der Waals surface area contributed by atoms with Crippen molar-refractivity contribution in [2.75, 3.05) is 18.1 Å². The summed E-state index contributed by atoms with van der Waals surface area (Å²) >= 11 is 1.96. The largest absolute Gasteiger partial charge is 0.309 e. The summed E-state index contributed by atoms with van der Waals surface area (Å²) in [6, 6.07) is 3.47. The maximum Gasteiger partial charge on any atom is 0.141 e. The summed E-state index contributed by atoms with van der Waals surface area (Å²) in [5, 5.41) is 3.47. The van der Waals surface area contributed by atoms with Gasteiger partial charge in [-0.2, -0.15) is 11.8 Å². The van der Waals surface area contributed by atoms with Gasteiger partial charge in [-0.3, -0.25) is 4.98 Å². The lowest BCUT2D eigenvalue weighted by Crippen LogP contribution is -2.23. The maximum atomic E-state index is 12.8. The SMILES string of the molecule is CCSCCCNC(CC)c1ccc(F)cn1. The molecule has 1 atom stereocenters. The van der Waals surface area contributed by atoms with Gasteiger partial charge in [0.05, 0.1) is 11.9 Å². The number of nitrogens with zero attached hydrogens (tertiary/aromatic N) is 1. The predicted octanol–water partition coefficient (Wildman–Crippen LogP) is 3.40. The van der Waals surface area contributed by atoms with Gasteiger partial charge in [-0.25, -0.2) is 4.39 Å². The first-order valence-corrected chi connectivity index (χ1v) is 7.36. The second-order valence-electron chi connectivity index (χ2n) is 3.87. The summed E-state index contributed by atoms with van der Waals surface area (Å²) in [6.45, 7) is 5.28. The first-order valence-electron chi connectivity index (χ1n) is 6.20. The summed E-state index contributed by atoms with van der Waals surface area (Å²) in [5.41, 5.74) is 0.928. The van der Waals surface area contributed by atoms with E-state index in [2.05, 4.69) is 24.1 Å². The van der Waals surface area contributed by atoms with Crippen molar-refractivity contribution in [2.45, 2.75) is 32.7 Å². The zero-order chi connectivity index (χ0) is 12.5. The van der Waals surface area contributed by atoms with Crippen LogP contribution >= 0.6 is 11.8 Å². The Kier molecular flexibility index (Phi) is 7.21. The standard InChI is InChI=1S/C13H21FN2S/c1-3-12(15-8-5-9-17-4-2)13-7-6-11(14)10-16-13/h6-7,10,12,15H,3-5,8-9H2,1-2H3. The molecule has 1 aromatic heterocycles. The molecule has 1 N–H and O–H groups in total. The fraction of sp³-hybridized carbons (Fsp3) is 0.615. The highest BCUT2D eigenvalue weighted by Crippen LogP contribution is 2.14. The molecule has 0 aliphatic heterocycles. The Morgan fingerprint density at radius 2 is 2.24 bits per heavy atom. The number of nitrogens with one attached hydrogen (secondary N) is 1. The lowest BCUT2D eigenvalue weighted by atomic mass is 10.1. The fourth-order valence-electron chi connectivity index (χ4n) is 1.65. The van der Waals surface area contributed by atoms with Crippen LogP contribution in [0.5, 0.6) is 0 Å². The highest BCUT2D eigenvalue weighted by molar-refractivity contribution is 7.99. The van der Waals surface area contributed by atoms with Crippen LogP contribution in [0.25, 0.3) is 0 Å². The zero-order valence-corrected chi connectivity index (χ0v) is 11.4. The molecule has 1 heterocycles. The van der Waals surface area contributed by atoms with Gasteiger partial charge in [-0.05, 0) is 43.0 Å². The minimum atomic E-state index is -0.275. The highest BCUT2D eigenvalue weighted by Gasteiger charge is 2.09. The van der Waals surface area contributed by atoms with Crippen LogP contribution in [0.1, 0.15) is 38.4 Å². The van der Waals surface area contributed by atoms with Crippen LogP contribution in [0.2, 0.25) is 0 Å². The van der Waals surface area contributed by atoms with Gasteiger partial charge in [-0.15, -0.1) is 0 Å². The number of rotatable bonds is 8. The average Bonchev–Trinajstić information content (AvgIpc) is 2.35. The van der Waals surface area contributed by atoms with Crippen LogP contribution in [0.3, 0.4) is 0 Å². The zero-order valence-electron chi connectivity index (χ0n) is 10.6. The monoisotopic (exact) mass is 256 g/mol. The molecule has 0 bridgehead atoms. The molecule has 0 fully saturated rings. The molecule has 0 saturated heterocycles. The van der Waals surface area contributed by atoms with Gasteiger partial charge < -0.3 is 5.32 Å². The molecule has 0 saturated carbocycles. The molecule has 0 aliphatic rings. The summed E-state index contributed by atoms with van der Waals surface area (Å²) in [4.78, 5) is 4.12. The number of pyridine rings is 1.